The highest BCUT2D eigenvalue weighted by molar-refractivity contribution is 5.12. The first-order valence-corrected chi connectivity index (χ1v) is 6.83. The number of rotatable bonds is 6. The standard InChI is InChI=1S/C15H27N3/c1-7-13-9-14(8-2)18(17-13)11-12(3)10-16-15(4,5)6/h9,16H,3,7-8,10-11H2,1-2,4-6H3. The van der Waals surface area contributed by atoms with Crippen LogP contribution in [0.4, 0.5) is 0 Å². The maximum atomic E-state index is 4.61. The Morgan fingerprint density at radius 1 is 1.33 bits per heavy atom. The molecule has 102 valence electrons. The van der Waals surface area contributed by atoms with E-state index in [4.69, 9.17) is 0 Å². The maximum absolute atomic E-state index is 4.61. The van der Waals surface area contributed by atoms with E-state index >= 15 is 0 Å². The summed E-state index contributed by atoms with van der Waals surface area (Å²) in [4.78, 5) is 0. The van der Waals surface area contributed by atoms with Crippen LogP contribution in [0, 0.1) is 0 Å². The molecule has 0 amide bonds. The minimum Gasteiger partial charge on any atom is -0.308 e. The summed E-state index contributed by atoms with van der Waals surface area (Å²) in [6, 6.07) is 2.20. The molecule has 0 saturated heterocycles. The minimum absolute atomic E-state index is 0.134. The summed E-state index contributed by atoms with van der Waals surface area (Å²) in [5.41, 5.74) is 3.77. The first-order chi connectivity index (χ1) is 8.35. The van der Waals surface area contributed by atoms with Crippen LogP contribution in [0.15, 0.2) is 18.2 Å². The highest BCUT2D eigenvalue weighted by Crippen LogP contribution is 2.09. The second kappa shape index (κ2) is 6.19. The van der Waals surface area contributed by atoms with Crippen molar-refractivity contribution in [1.29, 1.82) is 0 Å². The number of aryl methyl sites for hydroxylation is 2. The van der Waals surface area contributed by atoms with Gasteiger partial charge in [-0.1, -0.05) is 20.4 Å². The van der Waals surface area contributed by atoms with E-state index in [0.717, 1.165) is 25.9 Å². The molecule has 0 bridgehead atoms. The Labute approximate surface area is 111 Å². The van der Waals surface area contributed by atoms with Gasteiger partial charge in [-0.3, -0.25) is 4.68 Å². The van der Waals surface area contributed by atoms with Crippen molar-refractivity contribution in [3.63, 3.8) is 0 Å². The molecule has 0 aliphatic carbocycles. The molecule has 3 nitrogen and oxygen atoms in total. The number of nitrogens with one attached hydrogen (secondary N) is 1. The van der Waals surface area contributed by atoms with Crippen LogP contribution in [-0.2, 0) is 19.4 Å². The topological polar surface area (TPSA) is 29.9 Å². The van der Waals surface area contributed by atoms with E-state index in [9.17, 15) is 0 Å². The van der Waals surface area contributed by atoms with Gasteiger partial charge >= 0.3 is 0 Å². The summed E-state index contributed by atoms with van der Waals surface area (Å²) in [6.45, 7) is 16.6. The largest absolute Gasteiger partial charge is 0.308 e. The van der Waals surface area contributed by atoms with Gasteiger partial charge in [0.25, 0.3) is 0 Å². The van der Waals surface area contributed by atoms with Crippen molar-refractivity contribution < 1.29 is 0 Å². The SMILES string of the molecule is C=C(CNC(C)(C)C)Cn1nc(CC)cc1CC. The van der Waals surface area contributed by atoms with Crippen LogP contribution in [0.1, 0.15) is 46.0 Å². The molecule has 0 aliphatic heterocycles. The van der Waals surface area contributed by atoms with Gasteiger partial charge in [-0.25, -0.2) is 0 Å². The molecule has 0 spiro atoms. The van der Waals surface area contributed by atoms with Gasteiger partial charge in [0.1, 0.15) is 0 Å². The Bertz CT molecular complexity index is 396. The molecule has 18 heavy (non-hydrogen) atoms. The summed E-state index contributed by atoms with van der Waals surface area (Å²) < 4.78 is 2.09. The molecule has 1 aromatic rings. The van der Waals surface area contributed by atoms with Gasteiger partial charge < -0.3 is 5.32 Å². The van der Waals surface area contributed by atoms with E-state index in [-0.39, 0.29) is 5.54 Å². The highest BCUT2D eigenvalue weighted by atomic mass is 15.3. The van der Waals surface area contributed by atoms with Gasteiger partial charge in [-0.2, -0.15) is 5.10 Å². The quantitative estimate of drug-likeness (QED) is 0.786. The molecule has 1 rings (SSSR count). The average Bonchev–Trinajstić information content (AvgIpc) is 2.68. The van der Waals surface area contributed by atoms with Gasteiger partial charge in [-0.15, -0.1) is 0 Å². The molecule has 3 heteroatoms. The number of nitrogens with zero attached hydrogens (tertiary/aromatic N) is 2. The lowest BCUT2D eigenvalue weighted by molar-refractivity contribution is 0.438. The smallest absolute Gasteiger partial charge is 0.0632 e. The van der Waals surface area contributed by atoms with Crippen molar-refractivity contribution in [2.45, 2.75) is 59.5 Å². The third-order valence-electron chi connectivity index (χ3n) is 2.88. The molecular formula is C15H27N3. The van der Waals surface area contributed by atoms with Crippen molar-refractivity contribution in [1.82, 2.24) is 15.1 Å². The third kappa shape index (κ3) is 4.65. The van der Waals surface area contributed by atoms with Crippen LogP contribution in [0.3, 0.4) is 0 Å². The number of hydrogen-bond acceptors (Lipinski definition) is 2. The van der Waals surface area contributed by atoms with Crippen molar-refractivity contribution in [3.05, 3.63) is 29.6 Å². The molecular weight excluding hydrogens is 222 g/mol. The molecule has 0 aromatic carbocycles. The summed E-state index contributed by atoms with van der Waals surface area (Å²) in [5.74, 6) is 0. The van der Waals surface area contributed by atoms with E-state index in [1.54, 1.807) is 0 Å². The Morgan fingerprint density at radius 3 is 2.50 bits per heavy atom. The lowest BCUT2D eigenvalue weighted by Crippen LogP contribution is -2.37. The van der Waals surface area contributed by atoms with Gasteiger partial charge in [0.15, 0.2) is 0 Å². The second-order valence-electron chi connectivity index (χ2n) is 5.85. The summed E-state index contributed by atoms with van der Waals surface area (Å²) in [6.07, 6.45) is 2.01. The average molecular weight is 249 g/mol. The Hall–Kier alpha value is -1.09. The van der Waals surface area contributed by atoms with Crippen molar-refractivity contribution in [2.24, 2.45) is 0 Å². The molecule has 0 atom stereocenters. The highest BCUT2D eigenvalue weighted by Gasteiger charge is 2.10. The van der Waals surface area contributed by atoms with Gasteiger partial charge in [-0.05, 0) is 45.3 Å². The molecule has 0 radical (unpaired) electrons. The number of hydrogen-bond donors (Lipinski definition) is 1. The van der Waals surface area contributed by atoms with Crippen molar-refractivity contribution >= 4 is 0 Å². The zero-order chi connectivity index (χ0) is 13.8. The molecule has 0 unspecified atom stereocenters. The third-order valence-corrected chi connectivity index (χ3v) is 2.88. The molecule has 0 fully saturated rings. The van der Waals surface area contributed by atoms with E-state index in [0.29, 0.717) is 0 Å². The fourth-order valence-corrected chi connectivity index (χ4v) is 1.77. The summed E-state index contributed by atoms with van der Waals surface area (Å²) in [5, 5.41) is 8.07. The minimum atomic E-state index is 0.134. The van der Waals surface area contributed by atoms with Crippen molar-refractivity contribution in [3.8, 4) is 0 Å². The zero-order valence-electron chi connectivity index (χ0n) is 12.5. The Morgan fingerprint density at radius 2 is 2.00 bits per heavy atom. The first kappa shape index (κ1) is 15.0. The van der Waals surface area contributed by atoms with E-state index in [1.807, 2.05) is 0 Å². The first-order valence-electron chi connectivity index (χ1n) is 6.83. The fraction of sp³-hybridized carbons (Fsp3) is 0.667. The van der Waals surface area contributed by atoms with E-state index < -0.39 is 0 Å². The fourth-order valence-electron chi connectivity index (χ4n) is 1.77. The van der Waals surface area contributed by atoms with Crippen LogP contribution in [0.5, 0.6) is 0 Å². The lowest BCUT2D eigenvalue weighted by Gasteiger charge is -2.21. The summed E-state index contributed by atoms with van der Waals surface area (Å²) >= 11 is 0. The zero-order valence-corrected chi connectivity index (χ0v) is 12.5. The normalized spacial score (nSPS) is 11.8. The Kier molecular flexibility index (Phi) is 5.15. The van der Waals surface area contributed by atoms with Crippen LogP contribution in [0.2, 0.25) is 0 Å². The van der Waals surface area contributed by atoms with Crippen LogP contribution in [-0.4, -0.2) is 21.9 Å². The summed E-state index contributed by atoms with van der Waals surface area (Å²) in [7, 11) is 0. The predicted octanol–water partition coefficient (Wildman–Crippen LogP) is 2.95. The van der Waals surface area contributed by atoms with Crippen LogP contribution >= 0.6 is 0 Å². The van der Waals surface area contributed by atoms with Crippen molar-refractivity contribution in [2.75, 3.05) is 6.54 Å². The monoisotopic (exact) mass is 249 g/mol. The van der Waals surface area contributed by atoms with E-state index in [2.05, 4.69) is 62.4 Å². The van der Waals surface area contributed by atoms with Gasteiger partial charge in [0.05, 0.1) is 12.2 Å². The van der Waals surface area contributed by atoms with Gasteiger partial charge in [0.2, 0.25) is 0 Å². The molecule has 0 aliphatic rings. The second-order valence-corrected chi connectivity index (χ2v) is 5.85. The molecule has 0 saturated carbocycles. The van der Waals surface area contributed by atoms with Crippen LogP contribution in [0.25, 0.3) is 0 Å². The van der Waals surface area contributed by atoms with Gasteiger partial charge in [0, 0.05) is 17.8 Å². The maximum Gasteiger partial charge on any atom is 0.0632 e. The Balaban J connectivity index is 2.61. The van der Waals surface area contributed by atoms with Crippen LogP contribution < -0.4 is 5.32 Å². The molecule has 1 N–H and O–H groups in total. The lowest BCUT2D eigenvalue weighted by atomic mass is 10.1. The number of aromatic nitrogens is 2. The molecule has 1 aromatic heterocycles. The molecule has 1 heterocycles. The van der Waals surface area contributed by atoms with E-state index in [1.165, 1.54) is 17.0 Å². The predicted molar refractivity (Wildman–Crippen MR) is 77.9 cm³/mol.